The fourth-order valence-electron chi connectivity index (χ4n) is 4.12. The number of aromatic nitrogens is 1. The van der Waals surface area contributed by atoms with E-state index in [-0.39, 0.29) is 5.91 Å². The smallest absolute Gasteiger partial charge is 0.272 e. The fraction of sp³-hybridized carbons (Fsp3) is 0.478. The first kappa shape index (κ1) is 18.8. The summed E-state index contributed by atoms with van der Waals surface area (Å²) in [5, 5.41) is 0. The van der Waals surface area contributed by atoms with Crippen LogP contribution in [0.1, 0.15) is 35.8 Å². The Morgan fingerprint density at radius 3 is 2.29 bits per heavy atom. The molecule has 2 aromatic rings. The van der Waals surface area contributed by atoms with Crippen LogP contribution in [0.3, 0.4) is 0 Å². The molecule has 0 aliphatic carbocycles. The van der Waals surface area contributed by atoms with Gasteiger partial charge in [0.05, 0.1) is 11.9 Å². The number of pyridine rings is 1. The van der Waals surface area contributed by atoms with Crippen LogP contribution in [0, 0.1) is 12.8 Å². The van der Waals surface area contributed by atoms with Gasteiger partial charge < -0.3 is 14.7 Å². The standard InChI is InChI=1S/C23H30N4O/c1-18-8-10-25(11-9-18)21-6-7-22(24-17-21)23(28)27-14-12-26(13-15-27)20-5-3-4-19(2)16-20/h3-7,16-18H,8-15H2,1-2H3. The first-order valence-corrected chi connectivity index (χ1v) is 10.4. The number of hydrogen-bond donors (Lipinski definition) is 0. The third-order valence-electron chi connectivity index (χ3n) is 6.05. The van der Waals surface area contributed by atoms with Crippen molar-refractivity contribution in [3.05, 3.63) is 53.9 Å². The molecule has 1 aromatic carbocycles. The van der Waals surface area contributed by atoms with Gasteiger partial charge in [0.15, 0.2) is 0 Å². The number of hydrogen-bond acceptors (Lipinski definition) is 4. The van der Waals surface area contributed by atoms with E-state index in [0.717, 1.165) is 50.9 Å². The number of carbonyl (C=O) groups excluding carboxylic acids is 1. The third kappa shape index (κ3) is 4.13. The molecular formula is C23H30N4O. The van der Waals surface area contributed by atoms with E-state index in [2.05, 4.69) is 59.0 Å². The second kappa shape index (κ2) is 8.21. The predicted molar refractivity (Wildman–Crippen MR) is 114 cm³/mol. The lowest BCUT2D eigenvalue weighted by atomic mass is 9.99. The summed E-state index contributed by atoms with van der Waals surface area (Å²) in [4.78, 5) is 24.0. The van der Waals surface area contributed by atoms with Gasteiger partial charge >= 0.3 is 0 Å². The minimum absolute atomic E-state index is 0.0442. The summed E-state index contributed by atoms with van der Waals surface area (Å²) in [5.41, 5.74) is 4.19. The molecular weight excluding hydrogens is 348 g/mol. The summed E-state index contributed by atoms with van der Waals surface area (Å²) in [6.07, 6.45) is 4.32. The zero-order chi connectivity index (χ0) is 19.5. The number of piperazine rings is 1. The molecule has 0 atom stereocenters. The number of anilines is 2. The largest absolute Gasteiger partial charge is 0.370 e. The summed E-state index contributed by atoms with van der Waals surface area (Å²) < 4.78 is 0. The highest BCUT2D eigenvalue weighted by Gasteiger charge is 2.23. The van der Waals surface area contributed by atoms with Crippen molar-refractivity contribution in [3.8, 4) is 0 Å². The molecule has 3 heterocycles. The van der Waals surface area contributed by atoms with E-state index < -0.39 is 0 Å². The summed E-state index contributed by atoms with van der Waals surface area (Å²) in [6.45, 7) is 9.78. The molecule has 1 amide bonds. The van der Waals surface area contributed by atoms with Crippen LogP contribution in [0.2, 0.25) is 0 Å². The molecule has 0 bridgehead atoms. The summed E-state index contributed by atoms with van der Waals surface area (Å²) in [7, 11) is 0. The first-order valence-electron chi connectivity index (χ1n) is 10.4. The van der Waals surface area contributed by atoms with E-state index in [1.54, 1.807) is 0 Å². The SMILES string of the molecule is Cc1cccc(N2CCN(C(=O)c3ccc(N4CCC(C)CC4)cn3)CC2)c1. The molecule has 1 aromatic heterocycles. The van der Waals surface area contributed by atoms with Gasteiger partial charge in [-0.1, -0.05) is 19.1 Å². The minimum atomic E-state index is 0.0442. The Morgan fingerprint density at radius 2 is 1.64 bits per heavy atom. The summed E-state index contributed by atoms with van der Waals surface area (Å²) in [6, 6.07) is 12.5. The second-order valence-corrected chi connectivity index (χ2v) is 8.19. The molecule has 4 rings (SSSR count). The molecule has 0 unspecified atom stereocenters. The highest BCUT2D eigenvalue weighted by atomic mass is 16.2. The van der Waals surface area contributed by atoms with Crippen molar-refractivity contribution < 1.29 is 4.79 Å². The van der Waals surface area contributed by atoms with Gasteiger partial charge in [-0.25, -0.2) is 4.98 Å². The van der Waals surface area contributed by atoms with Gasteiger partial charge in [0, 0.05) is 45.0 Å². The number of rotatable bonds is 3. The number of amides is 1. The molecule has 2 aliphatic heterocycles. The average Bonchev–Trinajstić information content (AvgIpc) is 2.74. The van der Waals surface area contributed by atoms with Crippen LogP contribution >= 0.6 is 0 Å². The lowest BCUT2D eigenvalue weighted by Crippen LogP contribution is -2.49. The first-order chi connectivity index (χ1) is 13.6. The Balaban J connectivity index is 1.35. The monoisotopic (exact) mass is 378 g/mol. The topological polar surface area (TPSA) is 39.7 Å². The average molecular weight is 379 g/mol. The van der Waals surface area contributed by atoms with Crippen molar-refractivity contribution in [1.29, 1.82) is 0 Å². The molecule has 28 heavy (non-hydrogen) atoms. The van der Waals surface area contributed by atoms with Crippen LogP contribution in [0.15, 0.2) is 42.6 Å². The Labute approximate surface area is 168 Å². The number of aryl methyl sites for hydroxylation is 1. The van der Waals surface area contributed by atoms with E-state index in [1.807, 2.05) is 17.2 Å². The predicted octanol–water partition coefficient (Wildman–Crippen LogP) is 3.59. The lowest BCUT2D eigenvalue weighted by Gasteiger charge is -2.36. The van der Waals surface area contributed by atoms with Crippen LogP contribution in [0.5, 0.6) is 0 Å². The van der Waals surface area contributed by atoms with Gasteiger partial charge in [-0.3, -0.25) is 4.79 Å². The van der Waals surface area contributed by atoms with E-state index in [9.17, 15) is 4.79 Å². The zero-order valence-electron chi connectivity index (χ0n) is 17.0. The molecule has 2 fully saturated rings. The third-order valence-corrected chi connectivity index (χ3v) is 6.05. The minimum Gasteiger partial charge on any atom is -0.370 e. The van der Waals surface area contributed by atoms with Crippen molar-refractivity contribution in [1.82, 2.24) is 9.88 Å². The number of carbonyl (C=O) groups is 1. The van der Waals surface area contributed by atoms with Crippen LogP contribution in [-0.4, -0.2) is 55.1 Å². The van der Waals surface area contributed by atoms with Gasteiger partial charge in [-0.15, -0.1) is 0 Å². The molecule has 0 saturated carbocycles. The number of nitrogens with zero attached hydrogens (tertiary/aromatic N) is 4. The summed E-state index contributed by atoms with van der Waals surface area (Å²) >= 11 is 0. The Morgan fingerprint density at radius 1 is 0.929 bits per heavy atom. The van der Waals surface area contributed by atoms with Crippen molar-refractivity contribution in [3.63, 3.8) is 0 Å². The lowest BCUT2D eigenvalue weighted by molar-refractivity contribution is 0.0741. The highest BCUT2D eigenvalue weighted by molar-refractivity contribution is 5.92. The van der Waals surface area contributed by atoms with E-state index in [0.29, 0.717) is 5.69 Å². The van der Waals surface area contributed by atoms with Crippen molar-refractivity contribution in [2.24, 2.45) is 5.92 Å². The van der Waals surface area contributed by atoms with E-state index in [4.69, 9.17) is 0 Å². The van der Waals surface area contributed by atoms with E-state index in [1.165, 1.54) is 24.1 Å². The maximum absolute atomic E-state index is 12.9. The Kier molecular flexibility index (Phi) is 5.51. The van der Waals surface area contributed by atoms with Crippen LogP contribution < -0.4 is 9.80 Å². The zero-order valence-corrected chi connectivity index (χ0v) is 17.0. The maximum atomic E-state index is 12.9. The number of piperidine rings is 1. The molecule has 5 heteroatoms. The summed E-state index contributed by atoms with van der Waals surface area (Å²) in [5.74, 6) is 0.853. The molecule has 0 spiro atoms. The normalized spacial score (nSPS) is 18.4. The van der Waals surface area contributed by atoms with Crippen LogP contribution in [-0.2, 0) is 0 Å². The van der Waals surface area contributed by atoms with Crippen molar-refractivity contribution in [2.45, 2.75) is 26.7 Å². The molecule has 0 radical (unpaired) electrons. The van der Waals surface area contributed by atoms with Crippen molar-refractivity contribution >= 4 is 17.3 Å². The Bertz CT molecular complexity index is 804. The van der Waals surface area contributed by atoms with Crippen molar-refractivity contribution in [2.75, 3.05) is 49.1 Å². The molecule has 148 valence electrons. The molecule has 0 N–H and O–H groups in total. The van der Waals surface area contributed by atoms with Gasteiger partial charge in [0.2, 0.25) is 0 Å². The molecule has 5 nitrogen and oxygen atoms in total. The molecule has 2 saturated heterocycles. The van der Waals surface area contributed by atoms with Crippen LogP contribution in [0.25, 0.3) is 0 Å². The number of benzene rings is 1. The second-order valence-electron chi connectivity index (χ2n) is 8.19. The maximum Gasteiger partial charge on any atom is 0.272 e. The fourth-order valence-corrected chi connectivity index (χ4v) is 4.12. The van der Waals surface area contributed by atoms with Gasteiger partial charge in [-0.05, 0) is 55.5 Å². The highest BCUT2D eigenvalue weighted by Crippen LogP contribution is 2.23. The van der Waals surface area contributed by atoms with Gasteiger partial charge in [-0.2, -0.15) is 0 Å². The Hall–Kier alpha value is -2.56. The van der Waals surface area contributed by atoms with Gasteiger partial charge in [0.25, 0.3) is 5.91 Å². The van der Waals surface area contributed by atoms with E-state index >= 15 is 0 Å². The quantitative estimate of drug-likeness (QED) is 0.818. The van der Waals surface area contributed by atoms with Gasteiger partial charge in [0.1, 0.15) is 5.69 Å². The van der Waals surface area contributed by atoms with Crippen LogP contribution in [0.4, 0.5) is 11.4 Å². The molecule has 2 aliphatic rings.